The molecule has 0 bridgehead atoms. The summed E-state index contributed by atoms with van der Waals surface area (Å²) in [5.74, 6) is 0. The summed E-state index contributed by atoms with van der Waals surface area (Å²) in [6.07, 6.45) is 2.05. The Kier molecular flexibility index (Phi) is 6.27. The second-order valence-electron chi connectivity index (χ2n) is 4.39. The molecule has 108 valence electrons. The van der Waals surface area contributed by atoms with E-state index in [1.165, 1.54) is 0 Å². The summed E-state index contributed by atoms with van der Waals surface area (Å²) in [7, 11) is -3.37. The Balaban J connectivity index is 2.76. The van der Waals surface area contributed by atoms with Gasteiger partial charge < -0.3 is 11.1 Å². The number of hydrogen-bond acceptors (Lipinski definition) is 4. The van der Waals surface area contributed by atoms with Crippen molar-refractivity contribution in [2.45, 2.75) is 37.6 Å². The van der Waals surface area contributed by atoms with Crippen molar-refractivity contribution in [1.29, 1.82) is 0 Å². The predicted octanol–water partition coefficient (Wildman–Crippen LogP) is 1.52. The summed E-state index contributed by atoms with van der Waals surface area (Å²) in [4.78, 5) is 0.277. The molecular weight excluding hydrogens is 262 g/mol. The first-order chi connectivity index (χ1) is 9.03. The predicted molar refractivity (Wildman–Crippen MR) is 78.7 cm³/mol. The van der Waals surface area contributed by atoms with Crippen LogP contribution in [0.2, 0.25) is 0 Å². The summed E-state index contributed by atoms with van der Waals surface area (Å²) in [5, 5.41) is 3.30. The Hall–Kier alpha value is -1.11. The van der Waals surface area contributed by atoms with E-state index in [4.69, 9.17) is 5.73 Å². The molecule has 0 aliphatic rings. The van der Waals surface area contributed by atoms with E-state index in [1.54, 1.807) is 31.2 Å². The molecule has 6 heteroatoms. The van der Waals surface area contributed by atoms with Crippen molar-refractivity contribution < 1.29 is 8.42 Å². The zero-order valence-electron chi connectivity index (χ0n) is 11.5. The van der Waals surface area contributed by atoms with Crippen LogP contribution in [0.25, 0.3) is 0 Å². The summed E-state index contributed by atoms with van der Waals surface area (Å²) >= 11 is 0. The molecule has 5 nitrogen and oxygen atoms in total. The molecule has 0 heterocycles. The molecule has 0 fully saturated rings. The highest BCUT2D eigenvalue weighted by Crippen LogP contribution is 2.15. The highest BCUT2D eigenvalue weighted by molar-refractivity contribution is 7.89. The van der Waals surface area contributed by atoms with Gasteiger partial charge in [-0.1, -0.05) is 20.3 Å². The molecule has 0 saturated heterocycles. The molecule has 19 heavy (non-hydrogen) atoms. The third-order valence-corrected chi connectivity index (χ3v) is 4.35. The molecule has 0 spiro atoms. The maximum absolute atomic E-state index is 11.8. The van der Waals surface area contributed by atoms with Crippen molar-refractivity contribution in [2.75, 3.05) is 18.4 Å². The maximum Gasteiger partial charge on any atom is 0.240 e. The Labute approximate surface area is 115 Å². The second kappa shape index (κ2) is 7.47. The molecule has 1 unspecified atom stereocenters. The lowest BCUT2D eigenvalue weighted by Gasteiger charge is -2.17. The fourth-order valence-electron chi connectivity index (χ4n) is 1.84. The monoisotopic (exact) mass is 285 g/mol. The van der Waals surface area contributed by atoms with Gasteiger partial charge in [0.15, 0.2) is 0 Å². The Morgan fingerprint density at radius 2 is 1.84 bits per heavy atom. The third-order valence-electron chi connectivity index (χ3n) is 2.79. The molecule has 1 atom stereocenters. The highest BCUT2D eigenvalue weighted by Gasteiger charge is 2.12. The van der Waals surface area contributed by atoms with E-state index in [2.05, 4.69) is 17.0 Å². The van der Waals surface area contributed by atoms with Gasteiger partial charge >= 0.3 is 0 Å². The molecule has 4 N–H and O–H groups in total. The molecule has 0 amide bonds. The minimum absolute atomic E-state index is 0.223. The van der Waals surface area contributed by atoms with Crippen molar-refractivity contribution in [1.82, 2.24) is 4.72 Å². The second-order valence-corrected chi connectivity index (χ2v) is 6.16. The first-order valence-corrected chi connectivity index (χ1v) is 8.08. The van der Waals surface area contributed by atoms with Gasteiger partial charge in [0.05, 0.1) is 4.90 Å². The normalized spacial score (nSPS) is 13.2. The number of nitrogens with two attached hydrogens (primary N) is 1. The van der Waals surface area contributed by atoms with Crippen LogP contribution in [0.1, 0.15) is 26.7 Å². The van der Waals surface area contributed by atoms with Crippen LogP contribution in [0.3, 0.4) is 0 Å². The summed E-state index contributed by atoms with van der Waals surface area (Å²) in [6, 6.07) is 6.95. The molecule has 0 aliphatic carbocycles. The number of hydrogen-bond donors (Lipinski definition) is 3. The fraction of sp³-hybridized carbons (Fsp3) is 0.538. The fourth-order valence-corrected chi connectivity index (χ4v) is 2.88. The minimum atomic E-state index is -3.37. The van der Waals surface area contributed by atoms with Crippen molar-refractivity contribution in [3.8, 4) is 0 Å². The zero-order chi connectivity index (χ0) is 14.3. The maximum atomic E-state index is 11.8. The van der Waals surface area contributed by atoms with E-state index in [1.807, 2.05) is 0 Å². The van der Waals surface area contributed by atoms with Crippen LogP contribution in [-0.4, -0.2) is 27.5 Å². The van der Waals surface area contributed by atoms with Crippen molar-refractivity contribution in [3.05, 3.63) is 24.3 Å². The number of rotatable bonds is 8. The van der Waals surface area contributed by atoms with E-state index in [-0.39, 0.29) is 10.9 Å². The van der Waals surface area contributed by atoms with E-state index in [0.29, 0.717) is 13.1 Å². The smallest absolute Gasteiger partial charge is 0.240 e. The van der Waals surface area contributed by atoms with Gasteiger partial charge in [-0.05, 0) is 30.7 Å². The third kappa shape index (κ3) is 4.81. The first-order valence-electron chi connectivity index (χ1n) is 6.59. The molecule has 1 aromatic rings. The number of anilines is 1. The average molecular weight is 285 g/mol. The van der Waals surface area contributed by atoms with Gasteiger partial charge in [-0.3, -0.25) is 0 Å². The summed E-state index contributed by atoms with van der Waals surface area (Å²) < 4.78 is 26.0. The SMILES string of the molecule is CCCC(CN)Nc1ccc(S(=O)(=O)NCC)cc1. The Bertz CT molecular complexity index is 471. The van der Waals surface area contributed by atoms with Gasteiger partial charge in [0, 0.05) is 24.8 Å². The van der Waals surface area contributed by atoms with Gasteiger partial charge in [0.2, 0.25) is 10.0 Å². The lowest BCUT2D eigenvalue weighted by atomic mass is 10.1. The van der Waals surface area contributed by atoms with Gasteiger partial charge in [0.25, 0.3) is 0 Å². The summed E-state index contributed by atoms with van der Waals surface area (Å²) in [5.41, 5.74) is 6.57. The molecule has 0 radical (unpaired) electrons. The molecular formula is C13H23N3O2S. The van der Waals surface area contributed by atoms with Crippen molar-refractivity contribution in [3.63, 3.8) is 0 Å². The quantitative estimate of drug-likeness (QED) is 0.676. The van der Waals surface area contributed by atoms with E-state index >= 15 is 0 Å². The van der Waals surface area contributed by atoms with Gasteiger partial charge in [-0.2, -0.15) is 0 Å². The number of sulfonamides is 1. The van der Waals surface area contributed by atoms with Crippen LogP contribution in [0.15, 0.2) is 29.2 Å². The van der Waals surface area contributed by atoms with Crippen LogP contribution in [0, 0.1) is 0 Å². The van der Waals surface area contributed by atoms with Gasteiger partial charge in [-0.25, -0.2) is 13.1 Å². The summed E-state index contributed by atoms with van der Waals surface area (Å²) in [6.45, 7) is 4.81. The molecule has 1 aromatic carbocycles. The van der Waals surface area contributed by atoms with Gasteiger partial charge in [0.1, 0.15) is 0 Å². The van der Waals surface area contributed by atoms with E-state index in [9.17, 15) is 8.42 Å². The van der Waals surface area contributed by atoms with Gasteiger partial charge in [-0.15, -0.1) is 0 Å². The van der Waals surface area contributed by atoms with Crippen LogP contribution in [0.5, 0.6) is 0 Å². The van der Waals surface area contributed by atoms with Crippen molar-refractivity contribution in [2.24, 2.45) is 5.73 Å². The molecule has 0 aromatic heterocycles. The lowest BCUT2D eigenvalue weighted by Crippen LogP contribution is -2.28. The van der Waals surface area contributed by atoms with E-state index < -0.39 is 10.0 Å². The number of nitrogens with one attached hydrogen (secondary N) is 2. The standard InChI is InChI=1S/C13H23N3O2S/c1-3-5-12(10-14)16-11-6-8-13(9-7-11)19(17,18)15-4-2/h6-9,12,15-16H,3-5,10,14H2,1-2H3. The minimum Gasteiger partial charge on any atom is -0.381 e. The largest absolute Gasteiger partial charge is 0.381 e. The van der Waals surface area contributed by atoms with Crippen LogP contribution in [0.4, 0.5) is 5.69 Å². The topological polar surface area (TPSA) is 84.2 Å². The highest BCUT2D eigenvalue weighted by atomic mass is 32.2. The van der Waals surface area contributed by atoms with Crippen molar-refractivity contribution >= 4 is 15.7 Å². The first kappa shape index (κ1) is 15.9. The van der Waals surface area contributed by atoms with E-state index in [0.717, 1.165) is 18.5 Å². The Morgan fingerprint density at radius 3 is 2.32 bits per heavy atom. The van der Waals surface area contributed by atoms with Crippen LogP contribution in [-0.2, 0) is 10.0 Å². The molecule has 0 saturated carbocycles. The zero-order valence-corrected chi connectivity index (χ0v) is 12.3. The number of benzene rings is 1. The van der Waals surface area contributed by atoms with Crippen LogP contribution < -0.4 is 15.8 Å². The molecule has 0 aliphatic heterocycles. The molecule has 1 rings (SSSR count). The Morgan fingerprint density at radius 1 is 1.21 bits per heavy atom. The average Bonchev–Trinajstić information content (AvgIpc) is 2.39. The lowest BCUT2D eigenvalue weighted by molar-refractivity contribution is 0.584. The van der Waals surface area contributed by atoms with Crippen LogP contribution >= 0.6 is 0 Å².